The molecule has 0 fully saturated rings. The van der Waals surface area contributed by atoms with Crippen LogP contribution in [-0.2, 0) is 14.1 Å². The van der Waals surface area contributed by atoms with Crippen molar-refractivity contribution in [3.63, 3.8) is 0 Å². The number of anilines is 1. The largest absolute Gasteiger partial charge is 1.00 e. The summed E-state index contributed by atoms with van der Waals surface area (Å²) in [5.74, 6) is 0.810. The van der Waals surface area contributed by atoms with Crippen molar-refractivity contribution in [2.24, 2.45) is 24.3 Å². The summed E-state index contributed by atoms with van der Waals surface area (Å²) in [5.41, 5.74) is 2.02. The van der Waals surface area contributed by atoms with Gasteiger partial charge in [0.15, 0.2) is 0 Å². The van der Waals surface area contributed by atoms with E-state index in [2.05, 4.69) is 39.6 Å². The van der Waals surface area contributed by atoms with Crippen molar-refractivity contribution in [3.05, 3.63) is 36.7 Å². The molecule has 0 aliphatic heterocycles. The number of aryl methyl sites for hydroxylation is 2. The molecular formula is C15H23ClN6. The maximum atomic E-state index is 4.29. The molecule has 0 saturated heterocycles. The Labute approximate surface area is 137 Å². The van der Waals surface area contributed by atoms with Crippen molar-refractivity contribution in [2.75, 3.05) is 32.1 Å². The van der Waals surface area contributed by atoms with Gasteiger partial charge >= 0.3 is 5.95 Å². The smallest absolute Gasteiger partial charge is 0.421 e. The van der Waals surface area contributed by atoms with Gasteiger partial charge in [-0.25, -0.2) is 9.13 Å². The fourth-order valence-corrected chi connectivity index (χ4v) is 2.01. The van der Waals surface area contributed by atoms with Gasteiger partial charge in [0, 0.05) is 30.9 Å². The van der Waals surface area contributed by atoms with E-state index < -0.39 is 0 Å². The fraction of sp³-hybridized carbons (Fsp3) is 0.400. The van der Waals surface area contributed by atoms with Crippen LogP contribution in [0.15, 0.2) is 46.9 Å². The number of nitrogens with zero attached hydrogens (tertiary/aromatic N) is 5. The molecule has 0 radical (unpaired) electrons. The maximum absolute atomic E-state index is 4.29. The summed E-state index contributed by atoms with van der Waals surface area (Å²) in [5, 5.41) is 11.7. The van der Waals surface area contributed by atoms with Gasteiger partial charge in [-0.1, -0.05) is 5.11 Å². The Morgan fingerprint density at radius 3 is 2.45 bits per heavy atom. The van der Waals surface area contributed by atoms with Gasteiger partial charge in [0.2, 0.25) is 0 Å². The van der Waals surface area contributed by atoms with Gasteiger partial charge in [-0.15, -0.1) is 0 Å². The number of nitrogens with one attached hydrogen (secondary N) is 1. The molecule has 0 amide bonds. The molecule has 0 aliphatic rings. The van der Waals surface area contributed by atoms with Gasteiger partial charge in [0.25, 0.3) is 0 Å². The first-order valence-electron chi connectivity index (χ1n) is 7.00. The minimum Gasteiger partial charge on any atom is -1.00 e. The number of hydrogen-bond donors (Lipinski definition) is 1. The Morgan fingerprint density at radius 1 is 1.23 bits per heavy atom. The summed E-state index contributed by atoms with van der Waals surface area (Å²) in [6.07, 6.45) is 3.91. The van der Waals surface area contributed by atoms with Crippen LogP contribution in [0.4, 0.5) is 17.3 Å². The Morgan fingerprint density at radius 2 is 1.91 bits per heavy atom. The number of hydrogen-bond acceptors (Lipinski definition) is 4. The molecule has 1 N–H and O–H groups in total. The van der Waals surface area contributed by atoms with E-state index in [0.717, 1.165) is 24.7 Å². The summed E-state index contributed by atoms with van der Waals surface area (Å²) in [6.45, 7) is 1.93. The van der Waals surface area contributed by atoms with Gasteiger partial charge in [-0.05, 0) is 31.3 Å². The first kappa shape index (κ1) is 18.1. The maximum Gasteiger partial charge on any atom is 0.421 e. The first-order chi connectivity index (χ1) is 10.1. The van der Waals surface area contributed by atoms with Crippen molar-refractivity contribution in [3.8, 4) is 0 Å². The van der Waals surface area contributed by atoms with Crippen LogP contribution in [0, 0.1) is 0 Å². The van der Waals surface area contributed by atoms with Crippen LogP contribution in [0.25, 0.3) is 0 Å². The molecule has 1 aromatic heterocycles. The summed E-state index contributed by atoms with van der Waals surface area (Å²) >= 11 is 0. The average Bonchev–Trinajstić information content (AvgIpc) is 2.82. The lowest BCUT2D eigenvalue weighted by Crippen LogP contribution is -3.00. The third-order valence-corrected chi connectivity index (χ3v) is 3.39. The van der Waals surface area contributed by atoms with E-state index in [1.54, 1.807) is 0 Å². The molecule has 0 bridgehead atoms. The van der Waals surface area contributed by atoms with Crippen molar-refractivity contribution >= 4 is 17.3 Å². The topological polar surface area (TPSA) is 48.8 Å². The zero-order valence-electron chi connectivity index (χ0n) is 13.5. The predicted molar refractivity (Wildman–Crippen MR) is 84.4 cm³/mol. The molecule has 1 aromatic carbocycles. The molecule has 22 heavy (non-hydrogen) atoms. The molecule has 1 heterocycles. The molecule has 120 valence electrons. The van der Waals surface area contributed by atoms with Crippen molar-refractivity contribution in [1.82, 2.24) is 9.88 Å². The number of rotatable bonds is 6. The highest BCUT2D eigenvalue weighted by Gasteiger charge is 2.10. The van der Waals surface area contributed by atoms with Gasteiger partial charge in [-0.2, -0.15) is 0 Å². The van der Waals surface area contributed by atoms with E-state index in [4.69, 9.17) is 0 Å². The van der Waals surface area contributed by atoms with Gasteiger partial charge in [0.05, 0.1) is 26.5 Å². The molecule has 2 rings (SSSR count). The molecule has 7 heteroatoms. The number of azo groups is 1. The molecular weight excluding hydrogens is 300 g/mol. The highest BCUT2D eigenvalue weighted by atomic mass is 35.5. The van der Waals surface area contributed by atoms with Crippen LogP contribution in [0.3, 0.4) is 0 Å². The summed E-state index contributed by atoms with van der Waals surface area (Å²) < 4.78 is 3.87. The van der Waals surface area contributed by atoms with Crippen LogP contribution in [0.5, 0.6) is 0 Å². The molecule has 6 nitrogen and oxygen atoms in total. The lowest BCUT2D eigenvalue weighted by Gasteiger charge is -2.18. The van der Waals surface area contributed by atoms with Crippen molar-refractivity contribution in [2.45, 2.75) is 0 Å². The molecule has 0 unspecified atom stereocenters. The number of aromatic nitrogens is 2. The van der Waals surface area contributed by atoms with E-state index in [0.29, 0.717) is 0 Å². The Hall–Kier alpha value is -1.92. The highest BCUT2D eigenvalue weighted by Crippen LogP contribution is 2.20. The van der Waals surface area contributed by atoms with E-state index in [1.807, 2.05) is 54.8 Å². The zero-order valence-corrected chi connectivity index (χ0v) is 14.2. The van der Waals surface area contributed by atoms with Gasteiger partial charge in [-0.3, -0.25) is 0 Å². The highest BCUT2D eigenvalue weighted by molar-refractivity contribution is 5.52. The van der Waals surface area contributed by atoms with Crippen LogP contribution < -0.4 is 27.2 Å². The van der Waals surface area contributed by atoms with E-state index in [1.165, 1.54) is 5.69 Å². The molecule has 0 atom stereocenters. The molecule has 0 saturated carbocycles. The number of likely N-dealkylation sites (N-methyl/N-ethyl adjacent to an activating group) is 2. The standard InChI is InChI=1S/C15H23N6.ClH/c1-16-9-10-19(2)14-7-5-13(6-8-14)17-18-15-20(3)11-12-21(15)4;/h5-8,11-12,16H,9-10H2,1-4H3;1H/q+1;/p-1. The Balaban J connectivity index is 0.00000242. The predicted octanol–water partition coefficient (Wildman–Crippen LogP) is -1.08. The van der Waals surface area contributed by atoms with Crippen molar-refractivity contribution < 1.29 is 17.0 Å². The monoisotopic (exact) mass is 322 g/mol. The number of imidazole rings is 1. The lowest BCUT2D eigenvalue weighted by atomic mass is 10.2. The van der Waals surface area contributed by atoms with Crippen molar-refractivity contribution in [1.29, 1.82) is 0 Å². The van der Waals surface area contributed by atoms with Crippen LogP contribution in [0.1, 0.15) is 0 Å². The summed E-state index contributed by atoms with van der Waals surface area (Å²) in [6, 6.07) is 8.10. The van der Waals surface area contributed by atoms with Crippen LogP contribution in [0.2, 0.25) is 0 Å². The van der Waals surface area contributed by atoms with Crippen LogP contribution >= 0.6 is 0 Å². The van der Waals surface area contributed by atoms with Gasteiger partial charge in [0.1, 0.15) is 5.69 Å². The third-order valence-electron chi connectivity index (χ3n) is 3.39. The average molecular weight is 323 g/mol. The van der Waals surface area contributed by atoms with E-state index in [9.17, 15) is 0 Å². The summed E-state index contributed by atoms with van der Waals surface area (Å²) in [4.78, 5) is 2.20. The third kappa shape index (κ3) is 4.54. The first-order valence-corrected chi connectivity index (χ1v) is 7.00. The molecule has 0 spiro atoms. The summed E-state index contributed by atoms with van der Waals surface area (Å²) in [7, 11) is 7.95. The Bertz CT molecular complexity index is 585. The Kier molecular flexibility index (Phi) is 7.01. The fourth-order valence-electron chi connectivity index (χ4n) is 2.01. The molecule has 0 aliphatic carbocycles. The lowest BCUT2D eigenvalue weighted by molar-refractivity contribution is -0.657. The minimum atomic E-state index is 0. The van der Waals surface area contributed by atoms with Crippen LogP contribution in [-0.4, -0.2) is 31.8 Å². The second kappa shape index (κ2) is 8.51. The van der Waals surface area contributed by atoms with Gasteiger partial charge < -0.3 is 22.6 Å². The van der Waals surface area contributed by atoms with E-state index in [-0.39, 0.29) is 12.4 Å². The normalized spacial score (nSPS) is 10.7. The van der Waals surface area contributed by atoms with E-state index >= 15 is 0 Å². The zero-order chi connectivity index (χ0) is 15.2. The quantitative estimate of drug-likeness (QED) is 0.543. The second-order valence-electron chi connectivity index (χ2n) is 5.06. The number of halogens is 1. The molecule has 2 aromatic rings. The SMILES string of the molecule is CNCCN(C)c1ccc(N=Nc2n(C)cc[n+]2C)cc1.[Cl-]. The second-order valence-corrected chi connectivity index (χ2v) is 5.06. The number of benzene rings is 1. The minimum absolute atomic E-state index is 0.